The second-order valence-corrected chi connectivity index (χ2v) is 7.90. The summed E-state index contributed by atoms with van der Waals surface area (Å²) in [5, 5.41) is 25.7. The van der Waals surface area contributed by atoms with Gasteiger partial charge in [-0.25, -0.2) is 9.79 Å². The molecule has 0 fully saturated rings. The number of carboxylic acid groups (broad SMARTS) is 2. The normalized spacial score (nSPS) is 11.9. The van der Waals surface area contributed by atoms with E-state index >= 15 is 0 Å². The van der Waals surface area contributed by atoms with Gasteiger partial charge in [-0.1, -0.05) is 30.3 Å². The fraction of sp³-hybridized carbons (Fsp3) is 0.250. The molecule has 0 unspecified atom stereocenters. The molecule has 196 valence electrons. The number of aliphatic carboxylic acids is 2. The van der Waals surface area contributed by atoms with Crippen molar-refractivity contribution in [1.29, 1.82) is 0 Å². The van der Waals surface area contributed by atoms with Crippen LogP contribution in [0.25, 0.3) is 0 Å². The summed E-state index contributed by atoms with van der Waals surface area (Å²) in [6.07, 6.45) is -1.05. The van der Waals surface area contributed by atoms with Gasteiger partial charge in [0.25, 0.3) is 5.91 Å². The number of carbonyl (C=O) groups is 5. The van der Waals surface area contributed by atoms with Gasteiger partial charge in [-0.15, -0.1) is 0 Å². The topological polar surface area (TPSA) is 226 Å². The van der Waals surface area contributed by atoms with Crippen molar-refractivity contribution >= 4 is 41.3 Å². The molecule has 9 N–H and O–H groups in total. The van der Waals surface area contributed by atoms with Crippen LogP contribution in [0.3, 0.4) is 0 Å². The Morgan fingerprint density at radius 2 is 1.51 bits per heavy atom. The zero-order valence-electron chi connectivity index (χ0n) is 19.7. The van der Waals surface area contributed by atoms with E-state index in [4.69, 9.17) is 16.6 Å². The number of hydrogen-bond donors (Lipinski definition) is 7. The second kappa shape index (κ2) is 13.8. The van der Waals surface area contributed by atoms with Crippen molar-refractivity contribution in [3.63, 3.8) is 0 Å². The lowest BCUT2D eigenvalue weighted by Crippen LogP contribution is -2.53. The molecular weight excluding hydrogens is 484 g/mol. The van der Waals surface area contributed by atoms with E-state index in [1.54, 1.807) is 30.3 Å². The Morgan fingerprint density at radius 1 is 0.865 bits per heavy atom. The summed E-state index contributed by atoms with van der Waals surface area (Å²) >= 11 is 0. The number of aliphatic imine (C=N–C) groups is 1. The first-order chi connectivity index (χ1) is 17.5. The van der Waals surface area contributed by atoms with Crippen LogP contribution in [-0.2, 0) is 25.6 Å². The van der Waals surface area contributed by atoms with Crippen LogP contribution in [-0.4, -0.2) is 64.5 Å². The maximum absolute atomic E-state index is 12.6. The molecule has 2 atom stereocenters. The van der Waals surface area contributed by atoms with Gasteiger partial charge in [0.2, 0.25) is 11.8 Å². The third-order valence-corrected chi connectivity index (χ3v) is 4.95. The minimum atomic E-state index is -1.51. The third kappa shape index (κ3) is 10.1. The Morgan fingerprint density at radius 3 is 2.08 bits per heavy atom. The number of carbonyl (C=O) groups excluding carboxylic acids is 3. The predicted molar refractivity (Wildman–Crippen MR) is 133 cm³/mol. The number of benzene rings is 2. The minimum Gasteiger partial charge on any atom is -0.481 e. The molecule has 0 spiro atoms. The molecule has 13 nitrogen and oxygen atoms in total. The van der Waals surface area contributed by atoms with E-state index in [0.717, 1.165) is 0 Å². The van der Waals surface area contributed by atoms with E-state index in [1.165, 1.54) is 24.3 Å². The molecule has 13 heteroatoms. The number of rotatable bonds is 13. The van der Waals surface area contributed by atoms with Gasteiger partial charge in [-0.2, -0.15) is 0 Å². The lowest BCUT2D eigenvalue weighted by molar-refractivity contribution is -0.143. The maximum atomic E-state index is 12.6. The van der Waals surface area contributed by atoms with Gasteiger partial charge in [0.15, 0.2) is 5.96 Å². The molecule has 0 aromatic heterocycles. The fourth-order valence-corrected chi connectivity index (χ4v) is 3.20. The number of nitrogens with two attached hydrogens (primary N) is 2. The Balaban J connectivity index is 1.91. The van der Waals surface area contributed by atoms with Gasteiger partial charge < -0.3 is 37.6 Å². The molecule has 2 rings (SSSR count). The number of amides is 3. The number of nitrogens with one attached hydrogen (secondary N) is 3. The molecule has 0 aliphatic heterocycles. The molecule has 2 aromatic carbocycles. The summed E-state index contributed by atoms with van der Waals surface area (Å²) < 4.78 is 0. The molecule has 37 heavy (non-hydrogen) atoms. The van der Waals surface area contributed by atoms with E-state index in [9.17, 15) is 29.1 Å². The van der Waals surface area contributed by atoms with Crippen molar-refractivity contribution in [2.24, 2.45) is 16.5 Å². The van der Waals surface area contributed by atoms with Crippen LogP contribution in [0.4, 0.5) is 5.69 Å². The summed E-state index contributed by atoms with van der Waals surface area (Å²) in [7, 11) is 0. The van der Waals surface area contributed by atoms with Crippen LogP contribution in [0.2, 0.25) is 0 Å². The largest absolute Gasteiger partial charge is 0.481 e. The van der Waals surface area contributed by atoms with Crippen molar-refractivity contribution in [1.82, 2.24) is 16.0 Å². The quantitative estimate of drug-likeness (QED) is 0.135. The van der Waals surface area contributed by atoms with E-state index in [1.807, 2.05) is 0 Å². The molecule has 0 heterocycles. The average Bonchev–Trinajstić information content (AvgIpc) is 2.83. The highest BCUT2D eigenvalue weighted by atomic mass is 16.4. The first-order valence-electron chi connectivity index (χ1n) is 11.1. The Bertz CT molecular complexity index is 1150. The van der Waals surface area contributed by atoms with Crippen LogP contribution >= 0.6 is 0 Å². The van der Waals surface area contributed by atoms with Crippen LogP contribution in [0.1, 0.15) is 28.8 Å². The summed E-state index contributed by atoms with van der Waals surface area (Å²) in [4.78, 5) is 63.9. The molecule has 0 saturated heterocycles. The van der Waals surface area contributed by atoms with E-state index in [2.05, 4.69) is 20.9 Å². The summed E-state index contributed by atoms with van der Waals surface area (Å²) in [5.41, 5.74) is 12.0. The van der Waals surface area contributed by atoms with Crippen molar-refractivity contribution in [2.75, 3.05) is 6.54 Å². The molecule has 0 radical (unpaired) electrons. The zero-order chi connectivity index (χ0) is 27.4. The summed E-state index contributed by atoms with van der Waals surface area (Å²) in [5.74, 6) is -4.95. The first-order valence-corrected chi connectivity index (χ1v) is 11.1. The number of carboxylic acids is 2. The van der Waals surface area contributed by atoms with Crippen molar-refractivity contribution in [2.45, 2.75) is 31.3 Å². The van der Waals surface area contributed by atoms with Gasteiger partial charge in [0.05, 0.1) is 12.1 Å². The summed E-state index contributed by atoms with van der Waals surface area (Å²) in [6.45, 7) is -0.104. The third-order valence-electron chi connectivity index (χ3n) is 4.95. The van der Waals surface area contributed by atoms with Gasteiger partial charge in [-0.05, 0) is 29.8 Å². The van der Waals surface area contributed by atoms with Crippen molar-refractivity contribution in [3.8, 4) is 0 Å². The molecule has 0 saturated carbocycles. The highest BCUT2D eigenvalue weighted by molar-refractivity contribution is 5.95. The van der Waals surface area contributed by atoms with E-state index in [0.29, 0.717) is 11.3 Å². The Labute approximate surface area is 211 Å². The SMILES string of the molecule is NC(N)=Nc1ccc(C(=O)NCCC(=O)N[C@@H](CC(=O)O)C(=O)N[C@@H](Cc2ccccc2)C(=O)O)cc1. The van der Waals surface area contributed by atoms with Crippen LogP contribution in [0.15, 0.2) is 59.6 Å². The van der Waals surface area contributed by atoms with Gasteiger partial charge in [0, 0.05) is 24.9 Å². The molecule has 0 bridgehead atoms. The number of hydrogen-bond acceptors (Lipinski definition) is 6. The van der Waals surface area contributed by atoms with Crippen LogP contribution < -0.4 is 27.4 Å². The Kier molecular flexibility index (Phi) is 10.6. The highest BCUT2D eigenvalue weighted by Gasteiger charge is 2.28. The lowest BCUT2D eigenvalue weighted by Gasteiger charge is -2.20. The van der Waals surface area contributed by atoms with Gasteiger partial charge in [0.1, 0.15) is 12.1 Å². The standard InChI is InChI=1S/C24H28N6O7/c25-24(26)28-16-8-6-15(7-9-16)21(34)27-11-10-19(31)29-17(13-20(32)33)22(35)30-18(23(36)37)12-14-4-2-1-3-5-14/h1-9,17-18H,10-13H2,(H,27,34)(H,29,31)(H,30,35)(H,32,33)(H,36,37)(H4,25,26,28)/t17-,18-/m0/s1. The molecule has 0 aliphatic rings. The van der Waals surface area contributed by atoms with E-state index < -0.39 is 48.2 Å². The van der Waals surface area contributed by atoms with Crippen molar-refractivity contribution in [3.05, 3.63) is 65.7 Å². The fourth-order valence-electron chi connectivity index (χ4n) is 3.20. The molecule has 3 amide bonds. The lowest BCUT2D eigenvalue weighted by atomic mass is 10.1. The number of nitrogens with zero attached hydrogens (tertiary/aromatic N) is 1. The minimum absolute atomic E-state index is 0.0331. The zero-order valence-corrected chi connectivity index (χ0v) is 19.7. The van der Waals surface area contributed by atoms with Crippen LogP contribution in [0.5, 0.6) is 0 Å². The summed E-state index contributed by atoms with van der Waals surface area (Å²) in [6, 6.07) is 11.7. The van der Waals surface area contributed by atoms with Crippen LogP contribution in [0, 0.1) is 0 Å². The molecule has 0 aliphatic carbocycles. The average molecular weight is 513 g/mol. The van der Waals surface area contributed by atoms with Gasteiger partial charge >= 0.3 is 11.9 Å². The Hall–Kier alpha value is -4.94. The predicted octanol–water partition coefficient (Wildman–Crippen LogP) is -0.517. The first kappa shape index (κ1) is 28.3. The maximum Gasteiger partial charge on any atom is 0.326 e. The second-order valence-electron chi connectivity index (χ2n) is 7.90. The van der Waals surface area contributed by atoms with Gasteiger partial charge in [-0.3, -0.25) is 19.2 Å². The number of guanidine groups is 1. The smallest absolute Gasteiger partial charge is 0.326 e. The van der Waals surface area contributed by atoms with E-state index in [-0.39, 0.29) is 30.9 Å². The highest BCUT2D eigenvalue weighted by Crippen LogP contribution is 2.12. The molecule has 2 aromatic rings. The van der Waals surface area contributed by atoms with Crippen molar-refractivity contribution < 1.29 is 34.2 Å². The monoisotopic (exact) mass is 512 g/mol. The molecular formula is C24H28N6O7.